The van der Waals surface area contributed by atoms with Gasteiger partial charge in [0, 0.05) is 12.6 Å². The van der Waals surface area contributed by atoms with Gasteiger partial charge in [-0.2, -0.15) is 0 Å². The monoisotopic (exact) mass is 249 g/mol. The summed E-state index contributed by atoms with van der Waals surface area (Å²) in [7, 11) is 2.01. The molecule has 2 heteroatoms. The van der Waals surface area contributed by atoms with Crippen molar-refractivity contribution in [3.8, 4) is 0 Å². The molecule has 102 valence electrons. The average Bonchev–Trinajstić information content (AvgIpc) is 2.36. The maximum Gasteiger partial charge on any atom is 0.0781 e. The Morgan fingerprint density at radius 3 is 2.11 bits per heavy atom. The second kappa shape index (κ2) is 6.91. The van der Waals surface area contributed by atoms with Gasteiger partial charge in [-0.15, -0.1) is 0 Å². The van der Waals surface area contributed by atoms with Crippen molar-refractivity contribution in [2.45, 2.75) is 52.2 Å². The fourth-order valence-corrected chi connectivity index (χ4v) is 2.31. The van der Waals surface area contributed by atoms with E-state index in [2.05, 4.69) is 50.4 Å². The molecule has 0 saturated heterocycles. The standard InChI is InChI=1S/C16H27NO/c1-6-13-8-10-14(11-9-13)12-15(17-5)16(3,4)18-7-2/h8-11,15,17H,6-7,12H2,1-5H3. The molecule has 0 heterocycles. The molecule has 0 spiro atoms. The number of rotatable bonds is 7. The fourth-order valence-electron chi connectivity index (χ4n) is 2.31. The van der Waals surface area contributed by atoms with Gasteiger partial charge in [-0.05, 0) is 51.8 Å². The Morgan fingerprint density at radius 1 is 1.11 bits per heavy atom. The van der Waals surface area contributed by atoms with Crippen LogP contribution in [0, 0.1) is 0 Å². The topological polar surface area (TPSA) is 21.3 Å². The first-order valence-electron chi connectivity index (χ1n) is 6.92. The summed E-state index contributed by atoms with van der Waals surface area (Å²) in [6, 6.07) is 9.21. The molecule has 0 bridgehead atoms. The lowest BCUT2D eigenvalue weighted by atomic mass is 9.92. The lowest BCUT2D eigenvalue weighted by Crippen LogP contribution is -2.48. The molecule has 1 aromatic carbocycles. The normalized spacial score (nSPS) is 13.6. The Bertz CT molecular complexity index is 343. The third kappa shape index (κ3) is 4.11. The Kier molecular flexibility index (Phi) is 5.83. The summed E-state index contributed by atoms with van der Waals surface area (Å²) >= 11 is 0. The first-order chi connectivity index (χ1) is 8.53. The molecular weight excluding hydrogens is 222 g/mol. The highest BCUT2D eigenvalue weighted by Crippen LogP contribution is 2.19. The molecule has 0 amide bonds. The molecule has 0 aliphatic carbocycles. The highest BCUT2D eigenvalue weighted by molar-refractivity contribution is 5.23. The third-order valence-corrected chi connectivity index (χ3v) is 3.58. The second-order valence-corrected chi connectivity index (χ2v) is 5.25. The van der Waals surface area contributed by atoms with E-state index in [4.69, 9.17) is 4.74 Å². The summed E-state index contributed by atoms with van der Waals surface area (Å²) in [5, 5.41) is 3.38. The molecule has 0 aliphatic heterocycles. The van der Waals surface area contributed by atoms with E-state index in [-0.39, 0.29) is 5.60 Å². The predicted octanol–water partition coefficient (Wildman–Crippen LogP) is 3.19. The van der Waals surface area contributed by atoms with Gasteiger partial charge in [0.2, 0.25) is 0 Å². The molecular formula is C16H27NO. The van der Waals surface area contributed by atoms with Crippen LogP contribution >= 0.6 is 0 Å². The Labute approximate surface area is 112 Å². The van der Waals surface area contributed by atoms with Crippen molar-refractivity contribution < 1.29 is 4.74 Å². The highest BCUT2D eigenvalue weighted by Gasteiger charge is 2.28. The molecule has 1 unspecified atom stereocenters. The molecule has 2 nitrogen and oxygen atoms in total. The SMILES string of the molecule is CCOC(C)(C)C(Cc1ccc(CC)cc1)NC. The van der Waals surface area contributed by atoms with Crippen LogP contribution in [0.5, 0.6) is 0 Å². The van der Waals surface area contributed by atoms with Gasteiger partial charge in [0.05, 0.1) is 5.60 Å². The number of hydrogen-bond donors (Lipinski definition) is 1. The number of hydrogen-bond acceptors (Lipinski definition) is 2. The van der Waals surface area contributed by atoms with Crippen LogP contribution in [0.25, 0.3) is 0 Å². The van der Waals surface area contributed by atoms with Crippen LogP contribution in [0.3, 0.4) is 0 Å². The smallest absolute Gasteiger partial charge is 0.0781 e. The summed E-state index contributed by atoms with van der Waals surface area (Å²) < 4.78 is 5.84. The van der Waals surface area contributed by atoms with E-state index >= 15 is 0 Å². The van der Waals surface area contributed by atoms with Crippen LogP contribution in [0.4, 0.5) is 0 Å². The summed E-state index contributed by atoms with van der Waals surface area (Å²) in [4.78, 5) is 0. The van der Waals surface area contributed by atoms with E-state index in [1.54, 1.807) is 0 Å². The van der Waals surface area contributed by atoms with E-state index < -0.39 is 0 Å². The zero-order valence-corrected chi connectivity index (χ0v) is 12.4. The number of aryl methyl sites for hydroxylation is 1. The van der Waals surface area contributed by atoms with Gasteiger partial charge in [-0.3, -0.25) is 0 Å². The largest absolute Gasteiger partial charge is 0.374 e. The molecule has 0 aliphatic rings. The number of ether oxygens (including phenoxy) is 1. The minimum Gasteiger partial charge on any atom is -0.374 e. The molecule has 1 N–H and O–H groups in total. The first-order valence-corrected chi connectivity index (χ1v) is 6.92. The highest BCUT2D eigenvalue weighted by atomic mass is 16.5. The van der Waals surface area contributed by atoms with Gasteiger partial charge >= 0.3 is 0 Å². The van der Waals surface area contributed by atoms with Crippen molar-refractivity contribution in [3.63, 3.8) is 0 Å². The summed E-state index contributed by atoms with van der Waals surface area (Å²) in [5.74, 6) is 0. The quantitative estimate of drug-likeness (QED) is 0.801. The lowest BCUT2D eigenvalue weighted by molar-refractivity contribution is -0.0363. The number of likely N-dealkylation sites (N-methyl/N-ethyl adjacent to an activating group) is 1. The van der Waals surface area contributed by atoms with E-state index in [1.165, 1.54) is 11.1 Å². The van der Waals surface area contributed by atoms with Crippen LogP contribution in [-0.2, 0) is 17.6 Å². The molecule has 0 saturated carbocycles. The van der Waals surface area contributed by atoms with Gasteiger partial charge in [-0.25, -0.2) is 0 Å². The summed E-state index contributed by atoms with van der Waals surface area (Å²) in [6.45, 7) is 9.28. The molecule has 0 fully saturated rings. The van der Waals surface area contributed by atoms with Gasteiger partial charge in [0.25, 0.3) is 0 Å². The molecule has 0 aromatic heterocycles. The van der Waals surface area contributed by atoms with Crippen LogP contribution in [0.2, 0.25) is 0 Å². The van der Waals surface area contributed by atoms with Gasteiger partial charge in [-0.1, -0.05) is 31.2 Å². The predicted molar refractivity (Wildman–Crippen MR) is 78.1 cm³/mol. The molecule has 1 atom stereocenters. The van der Waals surface area contributed by atoms with Crippen LogP contribution in [-0.4, -0.2) is 25.3 Å². The zero-order valence-electron chi connectivity index (χ0n) is 12.4. The Hall–Kier alpha value is -0.860. The second-order valence-electron chi connectivity index (χ2n) is 5.25. The van der Waals surface area contributed by atoms with Crippen molar-refractivity contribution in [3.05, 3.63) is 35.4 Å². The fraction of sp³-hybridized carbons (Fsp3) is 0.625. The Balaban J connectivity index is 2.72. The average molecular weight is 249 g/mol. The number of benzene rings is 1. The van der Waals surface area contributed by atoms with Crippen molar-refractivity contribution in [1.29, 1.82) is 0 Å². The maximum atomic E-state index is 5.84. The van der Waals surface area contributed by atoms with Crippen molar-refractivity contribution in [2.75, 3.05) is 13.7 Å². The first kappa shape index (κ1) is 15.2. The lowest BCUT2D eigenvalue weighted by Gasteiger charge is -2.34. The van der Waals surface area contributed by atoms with Gasteiger partial charge < -0.3 is 10.1 Å². The summed E-state index contributed by atoms with van der Waals surface area (Å²) in [6.07, 6.45) is 2.09. The zero-order chi connectivity index (χ0) is 13.6. The molecule has 1 aromatic rings. The van der Waals surface area contributed by atoms with E-state index in [0.717, 1.165) is 19.4 Å². The van der Waals surface area contributed by atoms with E-state index in [1.807, 2.05) is 14.0 Å². The van der Waals surface area contributed by atoms with Crippen molar-refractivity contribution in [2.24, 2.45) is 0 Å². The summed E-state index contributed by atoms with van der Waals surface area (Å²) in [5.41, 5.74) is 2.61. The number of nitrogens with one attached hydrogen (secondary N) is 1. The molecule has 1 rings (SSSR count). The molecule has 0 radical (unpaired) electrons. The van der Waals surface area contributed by atoms with E-state index in [0.29, 0.717) is 6.04 Å². The van der Waals surface area contributed by atoms with E-state index in [9.17, 15) is 0 Å². The van der Waals surface area contributed by atoms with Crippen LogP contribution in [0.15, 0.2) is 24.3 Å². The van der Waals surface area contributed by atoms with Gasteiger partial charge in [0.1, 0.15) is 0 Å². The third-order valence-electron chi connectivity index (χ3n) is 3.58. The minimum absolute atomic E-state index is 0.146. The van der Waals surface area contributed by atoms with Crippen molar-refractivity contribution >= 4 is 0 Å². The minimum atomic E-state index is -0.146. The Morgan fingerprint density at radius 2 is 1.67 bits per heavy atom. The molecule has 18 heavy (non-hydrogen) atoms. The van der Waals surface area contributed by atoms with Crippen LogP contribution in [0.1, 0.15) is 38.8 Å². The van der Waals surface area contributed by atoms with Crippen molar-refractivity contribution in [1.82, 2.24) is 5.32 Å². The maximum absolute atomic E-state index is 5.84. The van der Waals surface area contributed by atoms with Gasteiger partial charge in [0.15, 0.2) is 0 Å². The van der Waals surface area contributed by atoms with Crippen LogP contribution < -0.4 is 5.32 Å².